The Morgan fingerprint density at radius 3 is 2.83 bits per heavy atom. The minimum atomic E-state index is -0.381. The number of hydrogen-bond acceptors (Lipinski definition) is 5. The van der Waals surface area contributed by atoms with E-state index >= 15 is 0 Å². The zero-order chi connectivity index (χ0) is 17.1. The molecule has 0 radical (unpaired) electrons. The number of aliphatic hydroxyl groups is 1. The van der Waals surface area contributed by atoms with Gasteiger partial charge in [0.2, 0.25) is 0 Å². The van der Waals surface area contributed by atoms with Crippen LogP contribution in [0.15, 0.2) is 33.9 Å². The molecule has 0 spiro atoms. The van der Waals surface area contributed by atoms with Gasteiger partial charge in [-0.3, -0.25) is 14.3 Å². The van der Waals surface area contributed by atoms with E-state index in [1.54, 1.807) is 6.92 Å². The second-order valence-corrected chi connectivity index (χ2v) is 5.97. The Balaban J connectivity index is 1.74. The molecule has 7 nitrogen and oxygen atoms in total. The van der Waals surface area contributed by atoms with Gasteiger partial charge in [0.1, 0.15) is 12.4 Å². The first kappa shape index (κ1) is 16.5. The lowest BCUT2D eigenvalue weighted by Gasteiger charge is -2.19. The molecule has 2 N–H and O–H groups in total. The largest absolute Gasteiger partial charge is 0.492 e. The van der Waals surface area contributed by atoms with Crippen LogP contribution >= 0.6 is 0 Å². The van der Waals surface area contributed by atoms with Crippen molar-refractivity contribution in [2.24, 2.45) is 0 Å². The van der Waals surface area contributed by atoms with E-state index in [1.165, 1.54) is 10.6 Å². The fourth-order valence-electron chi connectivity index (χ4n) is 2.88. The number of nitrogens with zero attached hydrogens (tertiary/aromatic N) is 2. The highest BCUT2D eigenvalue weighted by atomic mass is 16.5. The predicted molar refractivity (Wildman–Crippen MR) is 89.2 cm³/mol. The number of aryl methyl sites for hydroxylation is 1. The Morgan fingerprint density at radius 1 is 1.25 bits per heavy atom. The third-order valence-corrected chi connectivity index (χ3v) is 4.16. The lowest BCUT2D eigenvalue weighted by molar-refractivity contribution is 0.218. The summed E-state index contributed by atoms with van der Waals surface area (Å²) in [7, 11) is 0. The van der Waals surface area contributed by atoms with Crippen LogP contribution in [0.3, 0.4) is 0 Å². The van der Waals surface area contributed by atoms with Crippen molar-refractivity contribution in [3.8, 4) is 5.75 Å². The van der Waals surface area contributed by atoms with Crippen molar-refractivity contribution >= 4 is 0 Å². The monoisotopic (exact) mass is 331 g/mol. The Kier molecular flexibility index (Phi) is 4.82. The molecule has 128 valence electrons. The molecule has 0 unspecified atom stereocenters. The first-order chi connectivity index (χ1) is 11.6. The number of nitrogens with one attached hydrogen (secondary N) is 1. The van der Waals surface area contributed by atoms with Gasteiger partial charge < -0.3 is 14.8 Å². The fraction of sp³-hybridized carbons (Fsp3) is 0.412. The third-order valence-electron chi connectivity index (χ3n) is 4.16. The molecule has 1 aliphatic heterocycles. The van der Waals surface area contributed by atoms with Gasteiger partial charge in [-0.15, -0.1) is 0 Å². The molecule has 0 bridgehead atoms. The number of aromatic amines is 1. The van der Waals surface area contributed by atoms with Crippen molar-refractivity contribution < 1.29 is 9.84 Å². The quantitative estimate of drug-likeness (QED) is 0.837. The number of ether oxygens (including phenoxy) is 1. The molecular weight excluding hydrogens is 310 g/mol. The number of fused-ring (bicyclic) bond motifs is 1. The Labute approximate surface area is 139 Å². The average Bonchev–Trinajstić information content (AvgIpc) is 2.74. The Bertz CT molecular complexity index is 809. The average molecular weight is 331 g/mol. The normalized spacial score (nSPS) is 14.8. The molecule has 0 atom stereocenters. The van der Waals surface area contributed by atoms with Gasteiger partial charge in [0.15, 0.2) is 0 Å². The summed E-state index contributed by atoms with van der Waals surface area (Å²) < 4.78 is 6.95. The summed E-state index contributed by atoms with van der Waals surface area (Å²) in [4.78, 5) is 28.7. The lowest BCUT2D eigenvalue weighted by Crippen LogP contribution is -2.39. The predicted octanol–water partition coefficient (Wildman–Crippen LogP) is 0.232. The van der Waals surface area contributed by atoms with Gasteiger partial charge in [-0.05, 0) is 24.6 Å². The van der Waals surface area contributed by atoms with Crippen molar-refractivity contribution in [2.45, 2.75) is 26.6 Å². The van der Waals surface area contributed by atoms with Crippen LogP contribution in [0.5, 0.6) is 5.75 Å². The maximum atomic E-state index is 12.0. The van der Waals surface area contributed by atoms with Gasteiger partial charge in [-0.1, -0.05) is 6.07 Å². The third kappa shape index (κ3) is 3.58. The van der Waals surface area contributed by atoms with E-state index in [4.69, 9.17) is 4.74 Å². The maximum absolute atomic E-state index is 12.0. The van der Waals surface area contributed by atoms with E-state index in [1.807, 2.05) is 18.2 Å². The van der Waals surface area contributed by atoms with Crippen LogP contribution in [0, 0.1) is 6.92 Å². The highest BCUT2D eigenvalue weighted by Crippen LogP contribution is 2.24. The molecule has 1 aliphatic rings. The number of aromatic nitrogens is 2. The van der Waals surface area contributed by atoms with Gasteiger partial charge in [0, 0.05) is 43.5 Å². The van der Waals surface area contributed by atoms with Crippen molar-refractivity contribution in [3.63, 3.8) is 0 Å². The zero-order valence-corrected chi connectivity index (χ0v) is 13.6. The molecule has 3 rings (SSSR count). The van der Waals surface area contributed by atoms with E-state index in [0.29, 0.717) is 38.5 Å². The molecule has 24 heavy (non-hydrogen) atoms. The molecule has 2 aromatic rings. The molecule has 0 saturated carbocycles. The van der Waals surface area contributed by atoms with Gasteiger partial charge in [-0.2, -0.15) is 0 Å². The van der Waals surface area contributed by atoms with E-state index in [-0.39, 0.29) is 17.9 Å². The van der Waals surface area contributed by atoms with Gasteiger partial charge >= 0.3 is 5.69 Å². The molecule has 1 aromatic heterocycles. The van der Waals surface area contributed by atoms with Crippen molar-refractivity contribution in [1.82, 2.24) is 14.5 Å². The van der Waals surface area contributed by atoms with Gasteiger partial charge in [0.05, 0.1) is 6.61 Å². The summed E-state index contributed by atoms with van der Waals surface area (Å²) in [6.45, 7) is 4.48. The van der Waals surface area contributed by atoms with E-state index in [0.717, 1.165) is 16.9 Å². The first-order valence-electron chi connectivity index (χ1n) is 7.95. The number of H-pyrrole nitrogens is 1. The van der Waals surface area contributed by atoms with E-state index in [2.05, 4.69) is 9.88 Å². The SMILES string of the molecule is Cc1cc(=O)n(CCN2CCOc3ccc(CO)cc3C2)c(=O)[nH]1. The van der Waals surface area contributed by atoms with Crippen LogP contribution in [-0.4, -0.2) is 39.3 Å². The van der Waals surface area contributed by atoms with E-state index in [9.17, 15) is 14.7 Å². The fourth-order valence-corrected chi connectivity index (χ4v) is 2.88. The first-order valence-corrected chi connectivity index (χ1v) is 7.95. The van der Waals surface area contributed by atoms with E-state index < -0.39 is 0 Å². The van der Waals surface area contributed by atoms with Crippen molar-refractivity contribution in [2.75, 3.05) is 19.7 Å². The second-order valence-electron chi connectivity index (χ2n) is 5.97. The molecule has 1 aromatic carbocycles. The van der Waals surface area contributed by atoms with Crippen LogP contribution < -0.4 is 16.0 Å². The molecule has 0 saturated heterocycles. The molecular formula is C17H21N3O4. The summed E-state index contributed by atoms with van der Waals surface area (Å²) in [5, 5.41) is 9.28. The van der Waals surface area contributed by atoms with Crippen molar-refractivity contribution in [1.29, 1.82) is 0 Å². The molecule has 0 fully saturated rings. The van der Waals surface area contributed by atoms with Crippen LogP contribution in [0.4, 0.5) is 0 Å². The maximum Gasteiger partial charge on any atom is 0.328 e. The zero-order valence-electron chi connectivity index (χ0n) is 13.6. The van der Waals surface area contributed by atoms with Crippen LogP contribution in [0.25, 0.3) is 0 Å². The van der Waals surface area contributed by atoms with Crippen LogP contribution in [-0.2, 0) is 19.7 Å². The van der Waals surface area contributed by atoms with Gasteiger partial charge in [0.25, 0.3) is 5.56 Å². The number of aliphatic hydroxyl groups excluding tert-OH is 1. The summed E-state index contributed by atoms with van der Waals surface area (Å²) in [5.41, 5.74) is 1.74. The summed E-state index contributed by atoms with van der Waals surface area (Å²) in [6.07, 6.45) is 0. The highest BCUT2D eigenvalue weighted by Gasteiger charge is 2.16. The van der Waals surface area contributed by atoms with Crippen molar-refractivity contribution in [3.05, 3.63) is 61.9 Å². The topological polar surface area (TPSA) is 87.6 Å². The number of benzene rings is 1. The number of rotatable bonds is 4. The van der Waals surface area contributed by atoms with Crippen LogP contribution in [0.2, 0.25) is 0 Å². The smallest absolute Gasteiger partial charge is 0.328 e. The summed E-state index contributed by atoms with van der Waals surface area (Å²) >= 11 is 0. The molecule has 7 heteroatoms. The highest BCUT2D eigenvalue weighted by molar-refractivity contribution is 5.37. The van der Waals surface area contributed by atoms with Crippen LogP contribution in [0.1, 0.15) is 16.8 Å². The number of hydrogen-bond donors (Lipinski definition) is 2. The Morgan fingerprint density at radius 2 is 2.08 bits per heavy atom. The van der Waals surface area contributed by atoms with Gasteiger partial charge in [-0.25, -0.2) is 4.79 Å². The molecule has 0 amide bonds. The lowest BCUT2D eigenvalue weighted by atomic mass is 10.1. The summed E-state index contributed by atoms with van der Waals surface area (Å²) in [5.74, 6) is 0.819. The molecule has 0 aliphatic carbocycles. The second kappa shape index (κ2) is 7.02. The standard InChI is InChI=1S/C17H21N3O4/c1-12-8-16(22)20(17(23)18-12)5-4-19-6-7-24-15-3-2-13(11-21)9-14(15)10-19/h2-3,8-9,21H,4-7,10-11H2,1H3,(H,18,23). The molecule has 2 heterocycles. The minimum absolute atomic E-state index is 0.0125. The Hall–Kier alpha value is -2.38. The summed E-state index contributed by atoms with van der Waals surface area (Å²) in [6, 6.07) is 7.08. The minimum Gasteiger partial charge on any atom is -0.492 e.